The summed E-state index contributed by atoms with van der Waals surface area (Å²) in [6.07, 6.45) is 2.20. The molecule has 1 aromatic heterocycles. The minimum absolute atomic E-state index is 0.140. The lowest BCUT2D eigenvalue weighted by Gasteiger charge is -2.33. The number of carbonyl (C=O) groups excluding carboxylic acids is 2. The molecule has 8 nitrogen and oxygen atoms in total. The standard InChI is InChI=1S/C23H26N4O4/c1-30-22(28)19-8-5-9-21-20(19)14-25-27(21)12-10-18-15-26(13-11-24-18)23(29)31-16-17-6-3-2-4-7-17/h2-9,14,18,24H,10-13,15-16H2,1H3/t18-/m1/s1. The quantitative estimate of drug-likeness (QED) is 0.615. The highest BCUT2D eigenvalue weighted by Gasteiger charge is 2.24. The maximum absolute atomic E-state index is 12.5. The number of methoxy groups -OCH3 is 1. The van der Waals surface area contributed by atoms with Gasteiger partial charge in [0.1, 0.15) is 6.61 Å². The van der Waals surface area contributed by atoms with E-state index in [9.17, 15) is 9.59 Å². The molecule has 0 radical (unpaired) electrons. The lowest BCUT2D eigenvalue weighted by Crippen LogP contribution is -2.53. The maximum Gasteiger partial charge on any atom is 0.410 e. The first-order valence-electron chi connectivity index (χ1n) is 10.4. The van der Waals surface area contributed by atoms with Crippen LogP contribution in [0, 0.1) is 0 Å². The summed E-state index contributed by atoms with van der Waals surface area (Å²) in [5.74, 6) is -0.372. The van der Waals surface area contributed by atoms with Crippen molar-refractivity contribution >= 4 is 23.0 Å². The Morgan fingerprint density at radius 2 is 2.00 bits per heavy atom. The predicted octanol–water partition coefficient (Wildman–Crippen LogP) is 2.82. The molecule has 0 unspecified atom stereocenters. The minimum atomic E-state index is -0.372. The summed E-state index contributed by atoms with van der Waals surface area (Å²) < 4.78 is 12.2. The molecular weight excluding hydrogens is 396 g/mol. The molecule has 2 heterocycles. The molecule has 0 saturated carbocycles. The van der Waals surface area contributed by atoms with Crippen LogP contribution in [-0.2, 0) is 22.6 Å². The van der Waals surface area contributed by atoms with Crippen LogP contribution in [0.5, 0.6) is 0 Å². The molecule has 0 spiro atoms. The Kier molecular flexibility index (Phi) is 6.47. The van der Waals surface area contributed by atoms with E-state index in [-0.39, 0.29) is 24.7 Å². The summed E-state index contributed by atoms with van der Waals surface area (Å²) in [5.41, 5.74) is 2.37. The monoisotopic (exact) mass is 422 g/mol. The van der Waals surface area contributed by atoms with Crippen molar-refractivity contribution in [3.05, 3.63) is 65.9 Å². The van der Waals surface area contributed by atoms with Crippen molar-refractivity contribution in [2.45, 2.75) is 25.6 Å². The summed E-state index contributed by atoms with van der Waals surface area (Å²) in [6.45, 7) is 2.86. The number of rotatable bonds is 6. The van der Waals surface area contributed by atoms with E-state index in [1.165, 1.54) is 7.11 Å². The number of aromatic nitrogens is 2. The number of amides is 1. The number of aryl methyl sites for hydroxylation is 1. The lowest BCUT2D eigenvalue weighted by atomic mass is 10.1. The fourth-order valence-electron chi connectivity index (χ4n) is 3.84. The van der Waals surface area contributed by atoms with Crippen LogP contribution in [0.2, 0.25) is 0 Å². The molecule has 3 aromatic rings. The van der Waals surface area contributed by atoms with Crippen molar-refractivity contribution in [2.24, 2.45) is 0 Å². The normalized spacial score (nSPS) is 16.3. The van der Waals surface area contributed by atoms with Crippen LogP contribution in [-0.4, -0.2) is 59.5 Å². The Balaban J connectivity index is 1.34. The predicted molar refractivity (Wildman–Crippen MR) is 116 cm³/mol. The number of hydrogen-bond donors (Lipinski definition) is 1. The van der Waals surface area contributed by atoms with Crippen LogP contribution >= 0.6 is 0 Å². The first-order valence-corrected chi connectivity index (χ1v) is 10.4. The van der Waals surface area contributed by atoms with Crippen LogP contribution in [0.25, 0.3) is 10.9 Å². The highest BCUT2D eigenvalue weighted by Crippen LogP contribution is 2.20. The SMILES string of the molecule is COC(=O)c1cccc2c1cnn2CC[C@@H]1CN(C(=O)OCc2ccccc2)CCN1. The molecule has 1 amide bonds. The van der Waals surface area contributed by atoms with E-state index in [0.29, 0.717) is 25.2 Å². The van der Waals surface area contributed by atoms with E-state index >= 15 is 0 Å². The van der Waals surface area contributed by atoms with E-state index in [2.05, 4.69) is 10.4 Å². The van der Waals surface area contributed by atoms with Crippen LogP contribution in [0.4, 0.5) is 4.79 Å². The molecule has 0 aliphatic carbocycles. The van der Waals surface area contributed by atoms with Crippen molar-refractivity contribution in [3.8, 4) is 0 Å². The third-order valence-electron chi connectivity index (χ3n) is 5.50. The lowest BCUT2D eigenvalue weighted by molar-refractivity contribution is 0.0603. The number of carbonyl (C=O) groups is 2. The van der Waals surface area contributed by atoms with Gasteiger partial charge in [-0.25, -0.2) is 9.59 Å². The van der Waals surface area contributed by atoms with Gasteiger partial charge in [0.25, 0.3) is 0 Å². The van der Waals surface area contributed by atoms with Crippen molar-refractivity contribution in [2.75, 3.05) is 26.7 Å². The van der Waals surface area contributed by atoms with Gasteiger partial charge in [-0.05, 0) is 24.1 Å². The Morgan fingerprint density at radius 1 is 1.16 bits per heavy atom. The summed E-state index contributed by atoms with van der Waals surface area (Å²) in [7, 11) is 1.37. The van der Waals surface area contributed by atoms with Gasteiger partial charge in [-0.15, -0.1) is 0 Å². The second-order valence-corrected chi connectivity index (χ2v) is 7.52. The maximum atomic E-state index is 12.5. The van der Waals surface area contributed by atoms with Crippen LogP contribution < -0.4 is 5.32 Å². The number of nitrogens with zero attached hydrogens (tertiary/aromatic N) is 3. The topological polar surface area (TPSA) is 85.7 Å². The average Bonchev–Trinajstić information content (AvgIpc) is 3.24. The highest BCUT2D eigenvalue weighted by atomic mass is 16.6. The molecule has 4 rings (SSSR count). The summed E-state index contributed by atoms with van der Waals surface area (Å²) >= 11 is 0. The Morgan fingerprint density at radius 3 is 2.81 bits per heavy atom. The molecule has 1 fully saturated rings. The molecule has 1 N–H and O–H groups in total. The van der Waals surface area contributed by atoms with E-state index in [1.807, 2.05) is 47.1 Å². The zero-order valence-corrected chi connectivity index (χ0v) is 17.5. The smallest absolute Gasteiger partial charge is 0.410 e. The number of ether oxygens (including phenoxy) is 2. The molecule has 8 heteroatoms. The Hall–Kier alpha value is -3.39. The number of nitrogens with one attached hydrogen (secondary N) is 1. The van der Waals surface area contributed by atoms with E-state index in [4.69, 9.17) is 9.47 Å². The van der Waals surface area contributed by atoms with Gasteiger partial charge in [0, 0.05) is 37.6 Å². The van der Waals surface area contributed by atoms with Gasteiger partial charge in [-0.1, -0.05) is 36.4 Å². The van der Waals surface area contributed by atoms with Crippen molar-refractivity contribution < 1.29 is 19.1 Å². The average molecular weight is 422 g/mol. The molecular formula is C23H26N4O4. The first kappa shape index (κ1) is 20.9. The van der Waals surface area contributed by atoms with E-state index in [1.54, 1.807) is 17.2 Å². The number of piperazine rings is 1. The van der Waals surface area contributed by atoms with Gasteiger partial charge >= 0.3 is 12.1 Å². The molecule has 162 valence electrons. The molecule has 2 aromatic carbocycles. The Bertz CT molecular complexity index is 1050. The number of esters is 1. The fraction of sp³-hybridized carbons (Fsp3) is 0.348. The molecule has 1 aliphatic heterocycles. The van der Waals surface area contributed by atoms with Crippen LogP contribution in [0.3, 0.4) is 0 Å². The van der Waals surface area contributed by atoms with Crippen molar-refractivity contribution in [3.63, 3.8) is 0 Å². The van der Waals surface area contributed by atoms with Gasteiger partial charge in [0.05, 0.1) is 24.4 Å². The van der Waals surface area contributed by atoms with E-state index < -0.39 is 0 Å². The zero-order valence-electron chi connectivity index (χ0n) is 17.5. The highest BCUT2D eigenvalue weighted by molar-refractivity contribution is 6.03. The van der Waals surface area contributed by atoms with Crippen LogP contribution in [0.1, 0.15) is 22.3 Å². The molecule has 1 saturated heterocycles. The van der Waals surface area contributed by atoms with Gasteiger partial charge in [0.15, 0.2) is 0 Å². The zero-order chi connectivity index (χ0) is 21.6. The number of hydrogen-bond acceptors (Lipinski definition) is 6. The molecule has 1 aliphatic rings. The molecule has 1 atom stereocenters. The van der Waals surface area contributed by atoms with E-state index in [0.717, 1.165) is 29.4 Å². The third kappa shape index (κ3) is 4.86. The van der Waals surface area contributed by atoms with Crippen LogP contribution in [0.15, 0.2) is 54.7 Å². The summed E-state index contributed by atoms with van der Waals surface area (Å²) in [6, 6.07) is 15.3. The Labute approximate surface area is 180 Å². The summed E-state index contributed by atoms with van der Waals surface area (Å²) in [5, 5.41) is 8.69. The number of fused-ring (bicyclic) bond motifs is 1. The van der Waals surface area contributed by atoms with Gasteiger partial charge in [-0.2, -0.15) is 5.10 Å². The van der Waals surface area contributed by atoms with Gasteiger partial charge in [0.2, 0.25) is 0 Å². The third-order valence-corrected chi connectivity index (χ3v) is 5.50. The molecule has 0 bridgehead atoms. The second-order valence-electron chi connectivity index (χ2n) is 7.52. The number of benzene rings is 2. The van der Waals surface area contributed by atoms with Crippen molar-refractivity contribution in [1.29, 1.82) is 0 Å². The minimum Gasteiger partial charge on any atom is -0.465 e. The summed E-state index contributed by atoms with van der Waals surface area (Å²) in [4.78, 5) is 26.2. The van der Waals surface area contributed by atoms with Crippen molar-refractivity contribution in [1.82, 2.24) is 20.0 Å². The van der Waals surface area contributed by atoms with Gasteiger partial charge in [-0.3, -0.25) is 4.68 Å². The molecule has 31 heavy (non-hydrogen) atoms. The first-order chi connectivity index (χ1) is 15.2. The fourth-order valence-corrected chi connectivity index (χ4v) is 3.84. The second kappa shape index (κ2) is 9.61. The van der Waals surface area contributed by atoms with Gasteiger partial charge < -0.3 is 19.7 Å². The largest absolute Gasteiger partial charge is 0.465 e.